The molecule has 98 valence electrons. The Morgan fingerprint density at radius 1 is 1.32 bits per heavy atom. The summed E-state index contributed by atoms with van der Waals surface area (Å²) in [7, 11) is 1.86. The summed E-state index contributed by atoms with van der Waals surface area (Å²) in [5.41, 5.74) is 0.688. The van der Waals surface area contributed by atoms with Gasteiger partial charge in [-0.3, -0.25) is 4.79 Å². The van der Waals surface area contributed by atoms with E-state index in [0.717, 1.165) is 10.1 Å². The number of thioether (sulfide) groups is 2. The van der Waals surface area contributed by atoms with Gasteiger partial charge in [0, 0.05) is 17.5 Å². The molecule has 6 heteroatoms. The number of allylic oxidation sites excluding steroid dienone is 1. The standard InChI is InChI=1S/C13H13N3OS2/c1-16-9-14-15-13(16)19-8-7-12(17)10-3-5-11(18-2)6-4-10/h3-9H,1-2H3/b8-7+. The van der Waals surface area contributed by atoms with Crippen LogP contribution in [0.3, 0.4) is 0 Å². The Morgan fingerprint density at radius 2 is 2.05 bits per heavy atom. The van der Waals surface area contributed by atoms with E-state index >= 15 is 0 Å². The summed E-state index contributed by atoms with van der Waals surface area (Å²) in [6.45, 7) is 0. The third-order valence-electron chi connectivity index (χ3n) is 2.44. The third-order valence-corrected chi connectivity index (χ3v) is 4.03. The highest BCUT2D eigenvalue weighted by Gasteiger charge is 2.02. The van der Waals surface area contributed by atoms with Crippen molar-refractivity contribution in [1.29, 1.82) is 0 Å². The molecular formula is C13H13N3OS2. The molecule has 0 saturated heterocycles. The Labute approximate surface area is 120 Å². The zero-order chi connectivity index (χ0) is 13.7. The van der Waals surface area contributed by atoms with Gasteiger partial charge < -0.3 is 4.57 Å². The minimum atomic E-state index is -0.0117. The van der Waals surface area contributed by atoms with Gasteiger partial charge in [0.05, 0.1) is 0 Å². The van der Waals surface area contributed by atoms with Crippen molar-refractivity contribution >= 4 is 29.3 Å². The van der Waals surface area contributed by atoms with Crippen LogP contribution < -0.4 is 0 Å². The number of aromatic nitrogens is 3. The summed E-state index contributed by atoms with van der Waals surface area (Å²) in [5, 5.41) is 10.2. The maximum Gasteiger partial charge on any atom is 0.194 e. The van der Waals surface area contributed by atoms with Gasteiger partial charge in [0.2, 0.25) is 0 Å². The van der Waals surface area contributed by atoms with Crippen molar-refractivity contribution in [3.8, 4) is 0 Å². The smallest absolute Gasteiger partial charge is 0.194 e. The lowest BCUT2D eigenvalue weighted by Crippen LogP contribution is -1.93. The number of hydrogen-bond acceptors (Lipinski definition) is 5. The second-order valence-corrected chi connectivity index (χ2v) is 5.49. The van der Waals surface area contributed by atoms with Crippen LogP contribution in [0.25, 0.3) is 0 Å². The number of ketones is 1. The molecule has 0 spiro atoms. The lowest BCUT2D eigenvalue weighted by molar-refractivity contribution is 0.104. The lowest BCUT2D eigenvalue weighted by atomic mass is 10.1. The molecule has 0 aliphatic heterocycles. The fraction of sp³-hybridized carbons (Fsp3) is 0.154. The maximum absolute atomic E-state index is 11.9. The number of nitrogens with zero attached hydrogens (tertiary/aromatic N) is 3. The van der Waals surface area contributed by atoms with Crippen LogP contribution in [-0.4, -0.2) is 26.8 Å². The van der Waals surface area contributed by atoms with Gasteiger partial charge in [-0.2, -0.15) is 0 Å². The number of carbonyl (C=O) groups excluding carboxylic acids is 1. The van der Waals surface area contributed by atoms with E-state index in [4.69, 9.17) is 0 Å². The summed E-state index contributed by atoms with van der Waals surface area (Å²) in [5.74, 6) is -0.0117. The van der Waals surface area contributed by atoms with Gasteiger partial charge in [-0.05, 0) is 42.0 Å². The summed E-state index contributed by atoms with van der Waals surface area (Å²) in [4.78, 5) is 13.1. The molecule has 0 saturated carbocycles. The molecule has 1 aromatic carbocycles. The van der Waals surface area contributed by atoms with Crippen molar-refractivity contribution in [3.05, 3.63) is 47.6 Å². The molecule has 0 N–H and O–H groups in total. The first kappa shape index (κ1) is 13.9. The maximum atomic E-state index is 11.9. The van der Waals surface area contributed by atoms with Crippen molar-refractivity contribution in [2.45, 2.75) is 10.1 Å². The van der Waals surface area contributed by atoms with E-state index in [0.29, 0.717) is 5.56 Å². The highest BCUT2D eigenvalue weighted by atomic mass is 32.2. The highest BCUT2D eigenvalue weighted by molar-refractivity contribution is 8.02. The quantitative estimate of drug-likeness (QED) is 0.481. The van der Waals surface area contributed by atoms with Gasteiger partial charge in [-0.15, -0.1) is 22.0 Å². The molecule has 0 fully saturated rings. The molecule has 0 amide bonds. The number of rotatable bonds is 5. The summed E-state index contributed by atoms with van der Waals surface area (Å²) in [6, 6.07) is 7.57. The Morgan fingerprint density at radius 3 is 2.63 bits per heavy atom. The molecule has 4 nitrogen and oxygen atoms in total. The van der Waals surface area contributed by atoms with Crippen LogP contribution in [0.15, 0.2) is 52.1 Å². The Kier molecular flexibility index (Phi) is 4.81. The van der Waals surface area contributed by atoms with E-state index in [1.807, 2.05) is 37.6 Å². The Hall–Kier alpha value is -1.53. The van der Waals surface area contributed by atoms with Crippen LogP contribution in [0.1, 0.15) is 10.4 Å². The molecule has 19 heavy (non-hydrogen) atoms. The van der Waals surface area contributed by atoms with Crippen molar-refractivity contribution in [2.24, 2.45) is 7.05 Å². The molecule has 0 atom stereocenters. The number of benzene rings is 1. The molecule has 1 heterocycles. The molecule has 0 radical (unpaired) electrons. The van der Waals surface area contributed by atoms with Gasteiger partial charge in [-0.25, -0.2) is 0 Å². The Bertz CT molecular complexity index is 590. The predicted octanol–water partition coefficient (Wildman–Crippen LogP) is 3.03. The lowest BCUT2D eigenvalue weighted by Gasteiger charge is -1.98. The van der Waals surface area contributed by atoms with E-state index in [1.54, 1.807) is 34.1 Å². The summed E-state index contributed by atoms with van der Waals surface area (Å²) < 4.78 is 1.80. The first-order valence-electron chi connectivity index (χ1n) is 5.56. The third kappa shape index (κ3) is 3.71. The zero-order valence-corrected chi connectivity index (χ0v) is 12.2. The van der Waals surface area contributed by atoms with E-state index < -0.39 is 0 Å². The summed E-state index contributed by atoms with van der Waals surface area (Å²) in [6.07, 6.45) is 5.18. The fourth-order valence-corrected chi connectivity index (χ4v) is 2.42. The van der Waals surface area contributed by atoms with Gasteiger partial charge in [0.25, 0.3) is 0 Å². The van der Waals surface area contributed by atoms with Gasteiger partial charge in [-0.1, -0.05) is 11.8 Å². The van der Waals surface area contributed by atoms with Crippen LogP contribution in [0, 0.1) is 0 Å². The zero-order valence-electron chi connectivity index (χ0n) is 10.6. The largest absolute Gasteiger partial charge is 0.312 e. The molecule has 2 rings (SSSR count). The van der Waals surface area contributed by atoms with Crippen LogP contribution in [0.2, 0.25) is 0 Å². The monoisotopic (exact) mass is 291 g/mol. The normalized spacial score (nSPS) is 11.1. The predicted molar refractivity (Wildman–Crippen MR) is 78.6 cm³/mol. The molecule has 0 bridgehead atoms. The average molecular weight is 291 g/mol. The van der Waals surface area contributed by atoms with E-state index in [2.05, 4.69) is 10.2 Å². The van der Waals surface area contributed by atoms with Crippen LogP contribution in [0.4, 0.5) is 0 Å². The molecule has 0 aliphatic carbocycles. The second kappa shape index (κ2) is 6.58. The van der Waals surface area contributed by atoms with E-state index in [1.165, 1.54) is 11.8 Å². The first-order chi connectivity index (χ1) is 9.20. The van der Waals surface area contributed by atoms with Crippen molar-refractivity contribution in [3.63, 3.8) is 0 Å². The second-order valence-electron chi connectivity index (χ2n) is 3.74. The molecular weight excluding hydrogens is 278 g/mol. The van der Waals surface area contributed by atoms with E-state index in [-0.39, 0.29) is 5.78 Å². The highest BCUT2D eigenvalue weighted by Crippen LogP contribution is 2.17. The van der Waals surface area contributed by atoms with E-state index in [9.17, 15) is 4.79 Å². The minimum absolute atomic E-state index is 0.0117. The van der Waals surface area contributed by atoms with Crippen molar-refractivity contribution in [2.75, 3.05) is 6.26 Å². The van der Waals surface area contributed by atoms with Crippen LogP contribution in [0.5, 0.6) is 0 Å². The Balaban J connectivity index is 1.98. The minimum Gasteiger partial charge on any atom is -0.312 e. The number of aryl methyl sites for hydroxylation is 1. The SMILES string of the molecule is CSc1ccc(C(=O)/C=C/Sc2nncn2C)cc1. The van der Waals surface area contributed by atoms with Crippen LogP contribution in [-0.2, 0) is 7.05 Å². The topological polar surface area (TPSA) is 47.8 Å². The van der Waals surface area contributed by atoms with Gasteiger partial charge in [0.15, 0.2) is 10.9 Å². The molecule has 0 unspecified atom stereocenters. The molecule has 2 aromatic rings. The number of carbonyl (C=O) groups is 1. The fourth-order valence-electron chi connectivity index (χ4n) is 1.39. The average Bonchev–Trinajstić information content (AvgIpc) is 2.84. The molecule has 1 aromatic heterocycles. The summed E-state index contributed by atoms with van der Waals surface area (Å²) >= 11 is 3.02. The molecule has 0 aliphatic rings. The first-order valence-corrected chi connectivity index (χ1v) is 7.66. The van der Waals surface area contributed by atoms with Gasteiger partial charge >= 0.3 is 0 Å². The van der Waals surface area contributed by atoms with Gasteiger partial charge in [0.1, 0.15) is 6.33 Å². The number of hydrogen-bond donors (Lipinski definition) is 0. The van der Waals surface area contributed by atoms with Crippen LogP contribution >= 0.6 is 23.5 Å². The van der Waals surface area contributed by atoms with Crippen molar-refractivity contribution in [1.82, 2.24) is 14.8 Å². The van der Waals surface area contributed by atoms with Crippen molar-refractivity contribution < 1.29 is 4.79 Å².